The predicted octanol–water partition coefficient (Wildman–Crippen LogP) is 5.05. The molecule has 0 aromatic heterocycles. The maximum Gasteiger partial charge on any atom is 0.242 e. The minimum absolute atomic E-state index is 0.145. The number of carbonyl (C=O) groups is 2. The SMILES string of the molecule is C[C@@H](C(=O)NC1CCCC1)N(Cc1ccc(F)cc1)C(=O)CSc1ccc(Cl)cc1. The van der Waals surface area contributed by atoms with Crippen LogP contribution in [-0.4, -0.2) is 34.6 Å². The van der Waals surface area contributed by atoms with Crippen molar-refractivity contribution < 1.29 is 14.0 Å². The summed E-state index contributed by atoms with van der Waals surface area (Å²) in [5.74, 6) is -0.423. The van der Waals surface area contributed by atoms with Crippen LogP contribution < -0.4 is 5.32 Å². The Kier molecular flexibility index (Phi) is 8.16. The van der Waals surface area contributed by atoms with E-state index in [1.165, 1.54) is 23.9 Å². The van der Waals surface area contributed by atoms with E-state index >= 15 is 0 Å². The van der Waals surface area contributed by atoms with Crippen LogP contribution in [0.1, 0.15) is 38.2 Å². The summed E-state index contributed by atoms with van der Waals surface area (Å²) in [7, 11) is 0. The van der Waals surface area contributed by atoms with Crippen LogP contribution in [0, 0.1) is 5.82 Å². The fraction of sp³-hybridized carbons (Fsp3) is 0.391. The van der Waals surface area contributed by atoms with Crippen molar-refractivity contribution >= 4 is 35.2 Å². The van der Waals surface area contributed by atoms with Gasteiger partial charge >= 0.3 is 0 Å². The first-order chi connectivity index (χ1) is 14.4. The Balaban J connectivity index is 1.69. The number of benzene rings is 2. The summed E-state index contributed by atoms with van der Waals surface area (Å²) in [6.45, 7) is 2.00. The zero-order valence-corrected chi connectivity index (χ0v) is 18.5. The average molecular weight is 449 g/mol. The highest BCUT2D eigenvalue weighted by Gasteiger charge is 2.28. The summed E-state index contributed by atoms with van der Waals surface area (Å²) in [4.78, 5) is 28.4. The van der Waals surface area contributed by atoms with E-state index in [9.17, 15) is 14.0 Å². The first-order valence-electron chi connectivity index (χ1n) is 10.1. The van der Waals surface area contributed by atoms with Crippen LogP contribution in [0.15, 0.2) is 53.4 Å². The number of nitrogens with one attached hydrogen (secondary N) is 1. The van der Waals surface area contributed by atoms with Crippen LogP contribution in [0.25, 0.3) is 0 Å². The number of nitrogens with zero attached hydrogens (tertiary/aromatic N) is 1. The van der Waals surface area contributed by atoms with Gasteiger partial charge in [0.05, 0.1) is 5.75 Å². The number of hydrogen-bond donors (Lipinski definition) is 1. The number of halogens is 2. The summed E-state index contributed by atoms with van der Waals surface area (Å²) in [6, 6.07) is 12.9. The molecular formula is C23H26ClFN2O2S. The molecule has 2 amide bonds. The molecule has 3 rings (SSSR count). The van der Waals surface area contributed by atoms with Crippen molar-refractivity contribution in [3.05, 3.63) is 64.9 Å². The molecule has 1 aliphatic carbocycles. The summed E-state index contributed by atoms with van der Waals surface area (Å²) in [5, 5.41) is 3.71. The monoisotopic (exact) mass is 448 g/mol. The Labute approximate surface area is 186 Å². The maximum atomic E-state index is 13.3. The number of hydrogen-bond acceptors (Lipinski definition) is 3. The van der Waals surface area contributed by atoms with Gasteiger partial charge < -0.3 is 10.2 Å². The fourth-order valence-corrected chi connectivity index (χ4v) is 4.43. The van der Waals surface area contributed by atoms with Gasteiger partial charge in [-0.1, -0.05) is 36.6 Å². The third-order valence-electron chi connectivity index (χ3n) is 5.31. The van der Waals surface area contributed by atoms with Gasteiger partial charge in [0.2, 0.25) is 11.8 Å². The Hall–Kier alpha value is -2.05. The van der Waals surface area contributed by atoms with E-state index in [-0.39, 0.29) is 36.0 Å². The summed E-state index contributed by atoms with van der Waals surface area (Å²) >= 11 is 7.32. The van der Waals surface area contributed by atoms with E-state index in [1.54, 1.807) is 36.1 Å². The van der Waals surface area contributed by atoms with Crippen LogP contribution in [0.4, 0.5) is 4.39 Å². The van der Waals surface area contributed by atoms with Crippen LogP contribution in [-0.2, 0) is 16.1 Å². The molecule has 1 aliphatic rings. The quantitative estimate of drug-likeness (QED) is 0.575. The standard InChI is InChI=1S/C23H26ClFN2O2S/c1-16(23(29)26-20-4-2-3-5-20)27(14-17-6-10-19(25)11-7-17)22(28)15-30-21-12-8-18(24)9-13-21/h6-13,16,20H,2-5,14-15H2,1H3,(H,26,29)/t16-/m0/s1. The smallest absolute Gasteiger partial charge is 0.242 e. The van der Waals surface area contributed by atoms with Crippen LogP contribution in [0.3, 0.4) is 0 Å². The first-order valence-corrected chi connectivity index (χ1v) is 11.5. The molecule has 1 saturated carbocycles. The van der Waals surface area contributed by atoms with Gasteiger partial charge in [0.15, 0.2) is 0 Å². The third kappa shape index (κ3) is 6.47. The van der Waals surface area contributed by atoms with Crippen molar-refractivity contribution in [1.29, 1.82) is 0 Å². The van der Waals surface area contributed by atoms with Crippen molar-refractivity contribution in [2.75, 3.05) is 5.75 Å². The Morgan fingerprint density at radius 3 is 2.40 bits per heavy atom. The van der Waals surface area contributed by atoms with Crippen molar-refractivity contribution in [1.82, 2.24) is 10.2 Å². The molecule has 30 heavy (non-hydrogen) atoms. The van der Waals surface area contributed by atoms with Gasteiger partial charge in [-0.05, 0) is 61.7 Å². The lowest BCUT2D eigenvalue weighted by Crippen LogP contribution is -2.50. The van der Waals surface area contributed by atoms with Gasteiger partial charge in [-0.2, -0.15) is 0 Å². The van der Waals surface area contributed by atoms with Gasteiger partial charge in [0.25, 0.3) is 0 Å². The van der Waals surface area contributed by atoms with E-state index in [4.69, 9.17) is 11.6 Å². The van der Waals surface area contributed by atoms with Crippen molar-refractivity contribution in [2.45, 2.75) is 56.1 Å². The molecule has 4 nitrogen and oxygen atoms in total. The molecule has 0 heterocycles. The van der Waals surface area contributed by atoms with E-state index in [0.29, 0.717) is 5.02 Å². The van der Waals surface area contributed by atoms with E-state index < -0.39 is 6.04 Å². The Morgan fingerprint density at radius 2 is 1.77 bits per heavy atom. The van der Waals surface area contributed by atoms with E-state index in [1.807, 2.05) is 12.1 Å². The molecule has 0 radical (unpaired) electrons. The number of amides is 2. The van der Waals surface area contributed by atoms with E-state index in [2.05, 4.69) is 5.32 Å². The number of rotatable bonds is 8. The summed E-state index contributed by atoms with van der Waals surface area (Å²) in [6.07, 6.45) is 4.21. The zero-order chi connectivity index (χ0) is 21.5. The van der Waals surface area contributed by atoms with Gasteiger partial charge in [0, 0.05) is 22.5 Å². The lowest BCUT2D eigenvalue weighted by atomic mass is 10.1. The highest BCUT2D eigenvalue weighted by Crippen LogP contribution is 2.22. The molecule has 0 spiro atoms. The minimum Gasteiger partial charge on any atom is -0.352 e. The second-order valence-electron chi connectivity index (χ2n) is 7.56. The lowest BCUT2D eigenvalue weighted by molar-refractivity contribution is -0.138. The highest BCUT2D eigenvalue weighted by molar-refractivity contribution is 8.00. The molecule has 1 N–H and O–H groups in total. The highest BCUT2D eigenvalue weighted by atomic mass is 35.5. The van der Waals surface area contributed by atoms with Crippen LogP contribution >= 0.6 is 23.4 Å². The van der Waals surface area contributed by atoms with Gasteiger partial charge in [-0.15, -0.1) is 11.8 Å². The zero-order valence-electron chi connectivity index (χ0n) is 16.9. The fourth-order valence-electron chi connectivity index (χ4n) is 3.52. The second-order valence-corrected chi connectivity index (χ2v) is 9.04. The molecule has 0 bridgehead atoms. The van der Waals surface area contributed by atoms with Gasteiger partial charge in [-0.3, -0.25) is 9.59 Å². The molecular weight excluding hydrogens is 423 g/mol. The lowest BCUT2D eigenvalue weighted by Gasteiger charge is -2.29. The molecule has 1 atom stereocenters. The normalized spacial score (nSPS) is 15.0. The summed E-state index contributed by atoms with van der Waals surface area (Å²) in [5.41, 5.74) is 0.779. The third-order valence-corrected chi connectivity index (χ3v) is 6.56. The van der Waals surface area contributed by atoms with Crippen molar-refractivity contribution in [2.24, 2.45) is 0 Å². The second kappa shape index (κ2) is 10.8. The maximum absolute atomic E-state index is 13.3. The van der Waals surface area contributed by atoms with Crippen LogP contribution in [0.5, 0.6) is 0 Å². The molecule has 7 heteroatoms. The summed E-state index contributed by atoms with van der Waals surface area (Å²) < 4.78 is 13.3. The number of carbonyl (C=O) groups excluding carboxylic acids is 2. The van der Waals surface area contributed by atoms with Gasteiger partial charge in [-0.25, -0.2) is 4.39 Å². The molecule has 0 unspecified atom stereocenters. The van der Waals surface area contributed by atoms with E-state index in [0.717, 1.165) is 36.1 Å². The molecule has 2 aromatic rings. The predicted molar refractivity (Wildman–Crippen MR) is 119 cm³/mol. The Bertz CT molecular complexity index is 855. The number of thioether (sulfide) groups is 1. The largest absolute Gasteiger partial charge is 0.352 e. The van der Waals surface area contributed by atoms with Crippen molar-refractivity contribution in [3.8, 4) is 0 Å². The topological polar surface area (TPSA) is 49.4 Å². The van der Waals surface area contributed by atoms with Crippen molar-refractivity contribution in [3.63, 3.8) is 0 Å². The average Bonchev–Trinajstić information content (AvgIpc) is 3.25. The molecule has 0 aliphatic heterocycles. The Morgan fingerprint density at radius 1 is 1.13 bits per heavy atom. The molecule has 2 aromatic carbocycles. The minimum atomic E-state index is -0.617. The van der Waals surface area contributed by atoms with Crippen LogP contribution in [0.2, 0.25) is 5.02 Å². The molecule has 0 saturated heterocycles. The molecule has 1 fully saturated rings. The first kappa shape index (κ1) is 22.6. The molecule has 160 valence electrons. The van der Waals surface area contributed by atoms with Gasteiger partial charge in [0.1, 0.15) is 11.9 Å².